The van der Waals surface area contributed by atoms with Gasteiger partial charge in [0, 0.05) is 31.0 Å². The largest absolute Gasteiger partial charge is 0.478 e. The second-order valence-electron chi connectivity index (χ2n) is 7.05. The number of carbonyl (C=O) groups is 2. The van der Waals surface area contributed by atoms with Gasteiger partial charge in [0.25, 0.3) is 5.91 Å². The smallest absolute Gasteiger partial charge is 0.338 e. The number of hydrogen-bond acceptors (Lipinski definition) is 4. The van der Waals surface area contributed by atoms with E-state index in [1.807, 2.05) is 42.3 Å². The highest BCUT2D eigenvalue weighted by Gasteiger charge is 2.25. The van der Waals surface area contributed by atoms with Crippen molar-refractivity contribution in [2.75, 3.05) is 13.1 Å². The van der Waals surface area contributed by atoms with Crippen LogP contribution < -0.4 is 0 Å². The SMILES string of the molecule is Cc1cnn(-c2ccc(C(=O)N3CCC(n4cc(C(=O)O)cn4)CC3)cc2)c1. The fourth-order valence-electron chi connectivity index (χ4n) is 3.47. The van der Waals surface area contributed by atoms with Gasteiger partial charge in [-0.2, -0.15) is 10.2 Å². The number of likely N-dealkylation sites (tertiary alicyclic amines) is 1. The van der Waals surface area contributed by atoms with Crippen molar-refractivity contribution in [1.29, 1.82) is 0 Å². The van der Waals surface area contributed by atoms with Gasteiger partial charge in [-0.3, -0.25) is 9.48 Å². The molecule has 3 aromatic rings. The van der Waals surface area contributed by atoms with Crippen LogP contribution in [0.25, 0.3) is 5.69 Å². The summed E-state index contributed by atoms with van der Waals surface area (Å²) in [4.78, 5) is 25.6. The molecule has 0 saturated carbocycles. The minimum atomic E-state index is -0.979. The molecule has 0 spiro atoms. The van der Waals surface area contributed by atoms with Crippen LogP contribution in [0.3, 0.4) is 0 Å². The van der Waals surface area contributed by atoms with E-state index in [4.69, 9.17) is 5.11 Å². The lowest BCUT2D eigenvalue weighted by molar-refractivity contribution is 0.0688. The number of aromatic nitrogens is 4. The molecule has 1 aromatic carbocycles. The number of amides is 1. The first-order chi connectivity index (χ1) is 13.5. The molecule has 144 valence electrons. The molecule has 0 atom stereocenters. The highest BCUT2D eigenvalue weighted by Crippen LogP contribution is 2.23. The number of carboxylic acids is 1. The fraction of sp³-hybridized carbons (Fsp3) is 0.300. The van der Waals surface area contributed by atoms with Crippen LogP contribution in [0.1, 0.15) is 45.2 Å². The van der Waals surface area contributed by atoms with Crippen molar-refractivity contribution in [3.63, 3.8) is 0 Å². The Labute approximate surface area is 162 Å². The van der Waals surface area contributed by atoms with Crippen molar-refractivity contribution in [2.24, 2.45) is 0 Å². The number of piperidine rings is 1. The lowest BCUT2D eigenvalue weighted by Crippen LogP contribution is -2.39. The maximum Gasteiger partial charge on any atom is 0.338 e. The molecular formula is C20H21N5O3. The molecule has 1 saturated heterocycles. The molecule has 1 N–H and O–H groups in total. The summed E-state index contributed by atoms with van der Waals surface area (Å²) in [5, 5.41) is 17.4. The summed E-state index contributed by atoms with van der Waals surface area (Å²) >= 11 is 0. The summed E-state index contributed by atoms with van der Waals surface area (Å²) < 4.78 is 3.48. The maximum atomic E-state index is 12.8. The quantitative estimate of drug-likeness (QED) is 0.752. The monoisotopic (exact) mass is 379 g/mol. The van der Waals surface area contributed by atoms with Gasteiger partial charge in [-0.15, -0.1) is 0 Å². The van der Waals surface area contributed by atoms with Gasteiger partial charge in [0.15, 0.2) is 0 Å². The summed E-state index contributed by atoms with van der Waals surface area (Å²) in [5.74, 6) is -0.971. The highest BCUT2D eigenvalue weighted by atomic mass is 16.4. The molecular weight excluding hydrogens is 358 g/mol. The Morgan fingerprint density at radius 3 is 2.29 bits per heavy atom. The van der Waals surface area contributed by atoms with Crippen LogP contribution in [0.5, 0.6) is 0 Å². The van der Waals surface area contributed by atoms with Gasteiger partial charge >= 0.3 is 5.97 Å². The van der Waals surface area contributed by atoms with Gasteiger partial charge in [0.2, 0.25) is 0 Å². The maximum absolute atomic E-state index is 12.8. The molecule has 28 heavy (non-hydrogen) atoms. The van der Waals surface area contributed by atoms with E-state index in [0.717, 1.165) is 24.1 Å². The molecule has 4 rings (SSSR count). The fourth-order valence-corrected chi connectivity index (χ4v) is 3.47. The Morgan fingerprint density at radius 2 is 1.71 bits per heavy atom. The molecule has 1 aliphatic rings. The number of aromatic carboxylic acids is 1. The number of rotatable bonds is 4. The number of nitrogens with zero attached hydrogens (tertiary/aromatic N) is 5. The Morgan fingerprint density at radius 1 is 1.00 bits per heavy atom. The van der Waals surface area contributed by atoms with Crippen molar-refractivity contribution in [2.45, 2.75) is 25.8 Å². The van der Waals surface area contributed by atoms with Crippen molar-refractivity contribution in [3.8, 4) is 5.69 Å². The molecule has 0 radical (unpaired) electrons. The summed E-state index contributed by atoms with van der Waals surface area (Å²) in [6.07, 6.45) is 8.14. The second kappa shape index (κ2) is 7.30. The van der Waals surface area contributed by atoms with Crippen LogP contribution in [0.4, 0.5) is 0 Å². The molecule has 2 aromatic heterocycles. The molecule has 1 fully saturated rings. The lowest BCUT2D eigenvalue weighted by Gasteiger charge is -2.32. The molecule has 3 heterocycles. The summed E-state index contributed by atoms with van der Waals surface area (Å²) in [5.41, 5.74) is 2.83. The van der Waals surface area contributed by atoms with Gasteiger partial charge in [-0.25, -0.2) is 9.48 Å². The van der Waals surface area contributed by atoms with Crippen LogP contribution in [0, 0.1) is 6.92 Å². The van der Waals surface area contributed by atoms with Crippen molar-refractivity contribution in [3.05, 3.63) is 65.7 Å². The molecule has 0 aliphatic carbocycles. The Hall–Kier alpha value is -3.42. The van der Waals surface area contributed by atoms with E-state index in [0.29, 0.717) is 18.7 Å². The number of hydrogen-bond donors (Lipinski definition) is 1. The van der Waals surface area contributed by atoms with E-state index in [-0.39, 0.29) is 17.5 Å². The molecule has 1 amide bonds. The zero-order valence-corrected chi connectivity index (χ0v) is 15.5. The van der Waals surface area contributed by atoms with Crippen molar-refractivity contribution in [1.82, 2.24) is 24.5 Å². The van der Waals surface area contributed by atoms with Crippen molar-refractivity contribution < 1.29 is 14.7 Å². The third-order valence-corrected chi connectivity index (χ3v) is 5.06. The van der Waals surface area contributed by atoms with Gasteiger partial charge in [0.05, 0.1) is 29.7 Å². The van der Waals surface area contributed by atoms with Crippen LogP contribution in [-0.4, -0.2) is 54.5 Å². The minimum Gasteiger partial charge on any atom is -0.478 e. The van der Waals surface area contributed by atoms with Gasteiger partial charge in [-0.1, -0.05) is 0 Å². The average Bonchev–Trinajstić information content (AvgIpc) is 3.37. The zero-order chi connectivity index (χ0) is 19.7. The van der Waals surface area contributed by atoms with E-state index in [2.05, 4.69) is 10.2 Å². The Balaban J connectivity index is 1.39. The number of benzene rings is 1. The summed E-state index contributed by atoms with van der Waals surface area (Å²) in [6, 6.07) is 7.55. The average molecular weight is 379 g/mol. The lowest BCUT2D eigenvalue weighted by atomic mass is 10.0. The van der Waals surface area contributed by atoms with E-state index in [1.165, 1.54) is 6.20 Å². The second-order valence-corrected chi connectivity index (χ2v) is 7.05. The Bertz CT molecular complexity index is 997. The third kappa shape index (κ3) is 3.53. The van der Waals surface area contributed by atoms with Gasteiger partial charge < -0.3 is 10.0 Å². The topological polar surface area (TPSA) is 93.2 Å². The van der Waals surface area contributed by atoms with Crippen molar-refractivity contribution >= 4 is 11.9 Å². The Kier molecular flexibility index (Phi) is 4.68. The zero-order valence-electron chi connectivity index (χ0n) is 15.5. The van der Waals surface area contributed by atoms with E-state index < -0.39 is 5.97 Å². The number of carbonyl (C=O) groups excluding carboxylic acids is 1. The van der Waals surface area contributed by atoms with E-state index >= 15 is 0 Å². The summed E-state index contributed by atoms with van der Waals surface area (Å²) in [6.45, 7) is 3.22. The van der Waals surface area contributed by atoms with Crippen LogP contribution in [0.2, 0.25) is 0 Å². The van der Waals surface area contributed by atoms with Crippen LogP contribution in [0.15, 0.2) is 49.1 Å². The van der Waals surface area contributed by atoms with E-state index in [9.17, 15) is 9.59 Å². The van der Waals surface area contributed by atoms with Gasteiger partial charge in [0.1, 0.15) is 0 Å². The van der Waals surface area contributed by atoms with Gasteiger partial charge in [-0.05, 0) is 49.6 Å². The van der Waals surface area contributed by atoms with Crippen LogP contribution >= 0.6 is 0 Å². The summed E-state index contributed by atoms with van der Waals surface area (Å²) in [7, 11) is 0. The first-order valence-corrected chi connectivity index (χ1v) is 9.20. The molecule has 0 bridgehead atoms. The predicted molar refractivity (Wildman–Crippen MR) is 102 cm³/mol. The van der Waals surface area contributed by atoms with Crippen LogP contribution in [-0.2, 0) is 0 Å². The molecule has 0 unspecified atom stereocenters. The normalized spacial score (nSPS) is 15.0. The standard InChI is InChI=1S/C20H21N5O3/c1-14-10-21-24(12-14)17-4-2-15(3-5-17)19(26)23-8-6-18(7-9-23)25-13-16(11-22-25)20(27)28/h2-5,10-13,18H,6-9H2,1H3,(H,27,28). The molecule has 8 nitrogen and oxygen atoms in total. The minimum absolute atomic E-state index is 0.00772. The highest BCUT2D eigenvalue weighted by molar-refractivity contribution is 5.94. The number of carboxylic acid groups (broad SMARTS) is 1. The molecule has 1 aliphatic heterocycles. The first-order valence-electron chi connectivity index (χ1n) is 9.20. The first kappa shape index (κ1) is 18.0. The van der Waals surface area contributed by atoms with E-state index in [1.54, 1.807) is 21.8 Å². The predicted octanol–water partition coefficient (Wildman–Crippen LogP) is 2.55. The third-order valence-electron chi connectivity index (χ3n) is 5.06. The molecule has 8 heteroatoms. The number of aryl methyl sites for hydroxylation is 1.